The van der Waals surface area contributed by atoms with Crippen LogP contribution in [0, 0.1) is 33.0 Å². The van der Waals surface area contributed by atoms with Crippen LogP contribution in [0.3, 0.4) is 0 Å². The Kier molecular flexibility index (Phi) is 4.23. The van der Waals surface area contributed by atoms with Gasteiger partial charge < -0.3 is 28.8 Å². The number of allylic oxidation sites excluding steroid dienone is 2. The number of ketones is 1. The third-order valence-corrected chi connectivity index (χ3v) is 11.2. The first-order valence-electron chi connectivity index (χ1n) is 12.4. The summed E-state index contributed by atoms with van der Waals surface area (Å²) in [6.45, 7) is 9.19. The highest BCUT2D eigenvalue weighted by Crippen LogP contribution is 2.99. The van der Waals surface area contributed by atoms with Crippen molar-refractivity contribution >= 4 is 17.7 Å². The first-order valence-corrected chi connectivity index (χ1v) is 12.4. The summed E-state index contributed by atoms with van der Waals surface area (Å²) >= 11 is 0. The van der Waals surface area contributed by atoms with Gasteiger partial charge in [0.25, 0.3) is 0 Å². The van der Waals surface area contributed by atoms with Gasteiger partial charge in [0, 0.05) is 39.2 Å². The maximum atomic E-state index is 13.3. The Labute approximate surface area is 208 Å². The molecule has 9 heteroatoms. The Bertz CT molecular complexity index is 1230. The largest absolute Gasteiger partial charge is 0.490 e. The van der Waals surface area contributed by atoms with Crippen LogP contribution in [-0.2, 0) is 28.6 Å². The topological polar surface area (TPSA) is 132 Å². The van der Waals surface area contributed by atoms with Crippen LogP contribution in [0.25, 0.3) is 0 Å². The molecule has 5 aliphatic rings. The van der Waals surface area contributed by atoms with Gasteiger partial charge in [-0.15, -0.1) is 0 Å². The zero-order valence-corrected chi connectivity index (χ0v) is 21.3. The lowest BCUT2D eigenvalue weighted by Gasteiger charge is -2.55. The van der Waals surface area contributed by atoms with Gasteiger partial charge in [-0.3, -0.25) is 4.79 Å². The number of fused-ring (bicyclic) bond motifs is 1. The molecule has 2 aliphatic heterocycles. The minimum absolute atomic E-state index is 0.265. The molecule has 0 radical (unpaired) electrons. The van der Waals surface area contributed by atoms with Crippen molar-refractivity contribution in [2.45, 2.75) is 71.4 Å². The third-order valence-electron chi connectivity index (χ3n) is 11.2. The Hall–Kier alpha value is -2.65. The molecule has 1 aromatic rings. The van der Waals surface area contributed by atoms with Crippen molar-refractivity contribution < 1.29 is 43.2 Å². The van der Waals surface area contributed by atoms with Gasteiger partial charge in [-0.2, -0.15) is 0 Å². The highest BCUT2D eigenvalue weighted by atomic mass is 16.6. The number of hydrogen-bond acceptors (Lipinski definition) is 9. The molecule has 2 saturated heterocycles. The average Bonchev–Trinajstić information content (AvgIpc) is 3.26. The summed E-state index contributed by atoms with van der Waals surface area (Å²) in [5.74, 6) is -2.40. The zero-order valence-electron chi connectivity index (χ0n) is 21.3. The van der Waals surface area contributed by atoms with Crippen molar-refractivity contribution in [1.29, 1.82) is 0 Å². The van der Waals surface area contributed by atoms with Crippen LogP contribution in [0.5, 0.6) is 0 Å². The molecule has 2 N–H and O–H groups in total. The quantitative estimate of drug-likeness (QED) is 0.601. The number of aliphatic hydroxyl groups excluding tert-OH is 2. The van der Waals surface area contributed by atoms with E-state index in [0.29, 0.717) is 24.2 Å². The molecular formula is C27H32O9. The molecule has 3 aliphatic carbocycles. The number of cyclic esters (lactones) is 1. The van der Waals surface area contributed by atoms with Crippen LogP contribution < -0.4 is 0 Å². The van der Waals surface area contributed by atoms with E-state index in [1.165, 1.54) is 19.4 Å². The Balaban J connectivity index is 1.61. The standard InChI is InChI=1S/C27H32O9/c1-22(2)14(28)11-15-24(4,17(22)16(29)20(31)33-6)26-9-8-23(3)19(13-7-10-34-12-13)35-21(32)18(30)27(23,26)25(26,5)36-15/h7,10-12,16-19,29-30H,8-9H2,1-6H3/t16-,17+,18+,19+,23+,24-,25-,26+,27+/m1/s1. The van der Waals surface area contributed by atoms with Crippen LogP contribution in [0.4, 0.5) is 0 Å². The van der Waals surface area contributed by atoms with E-state index in [-0.39, 0.29) is 5.78 Å². The number of carbonyl (C=O) groups is 3. The Morgan fingerprint density at radius 2 is 1.86 bits per heavy atom. The van der Waals surface area contributed by atoms with Gasteiger partial charge >= 0.3 is 11.9 Å². The molecule has 6 rings (SSSR count). The number of methoxy groups -OCH3 is 1. The first-order chi connectivity index (χ1) is 16.7. The molecule has 36 heavy (non-hydrogen) atoms. The molecule has 194 valence electrons. The van der Waals surface area contributed by atoms with E-state index in [0.717, 1.165) is 0 Å². The fourth-order valence-electron chi connectivity index (χ4n) is 10.0. The van der Waals surface area contributed by atoms with E-state index in [1.807, 2.05) is 20.8 Å². The van der Waals surface area contributed by atoms with E-state index < -0.39 is 68.8 Å². The second-order valence-corrected chi connectivity index (χ2v) is 12.3. The average molecular weight is 501 g/mol. The monoisotopic (exact) mass is 500 g/mol. The van der Waals surface area contributed by atoms with Crippen molar-refractivity contribution in [2.75, 3.05) is 7.11 Å². The lowest BCUT2D eigenvalue weighted by molar-refractivity contribution is -0.219. The lowest BCUT2D eigenvalue weighted by atomic mass is 9.49. The van der Waals surface area contributed by atoms with Gasteiger partial charge in [-0.25, -0.2) is 9.59 Å². The molecule has 3 heterocycles. The van der Waals surface area contributed by atoms with Crippen molar-refractivity contribution in [3.8, 4) is 0 Å². The van der Waals surface area contributed by atoms with Gasteiger partial charge in [-0.1, -0.05) is 27.7 Å². The molecule has 0 aromatic carbocycles. The molecule has 0 bridgehead atoms. The summed E-state index contributed by atoms with van der Waals surface area (Å²) in [6.07, 6.45) is 1.85. The van der Waals surface area contributed by atoms with Crippen LogP contribution in [0.1, 0.15) is 59.1 Å². The first kappa shape index (κ1) is 23.7. The minimum Gasteiger partial charge on any atom is -0.490 e. The van der Waals surface area contributed by atoms with E-state index in [2.05, 4.69) is 0 Å². The SMILES string of the molecule is COC(=O)[C@H](O)[C@H]1C(C)(C)C(=O)C=C2O[C@]3(C)[C@]4(CC[C@@]5(C)[C@H](c6ccoc6)OC(=O)[C@H](O)[C@]345)[C@]21C. The zero-order chi connectivity index (χ0) is 26.3. The summed E-state index contributed by atoms with van der Waals surface area (Å²) in [4.78, 5) is 39.2. The Morgan fingerprint density at radius 3 is 2.47 bits per heavy atom. The fraction of sp³-hybridized carbons (Fsp3) is 0.667. The molecule has 9 nitrogen and oxygen atoms in total. The molecule has 9 atom stereocenters. The van der Waals surface area contributed by atoms with Crippen molar-refractivity contribution in [3.05, 3.63) is 36.0 Å². The third kappa shape index (κ3) is 1.96. The summed E-state index contributed by atoms with van der Waals surface area (Å²) in [5, 5.41) is 23.0. The molecule has 2 saturated carbocycles. The number of ether oxygens (including phenoxy) is 3. The maximum Gasteiger partial charge on any atom is 0.336 e. The highest BCUT2D eigenvalue weighted by molar-refractivity contribution is 5.98. The molecule has 4 fully saturated rings. The molecule has 2 spiro atoms. The van der Waals surface area contributed by atoms with Crippen molar-refractivity contribution in [1.82, 2.24) is 0 Å². The van der Waals surface area contributed by atoms with E-state index in [1.54, 1.807) is 26.2 Å². The Morgan fingerprint density at radius 1 is 1.17 bits per heavy atom. The van der Waals surface area contributed by atoms with Gasteiger partial charge in [0.15, 0.2) is 18.0 Å². The highest BCUT2D eigenvalue weighted by Gasteiger charge is 3.05. The lowest BCUT2D eigenvalue weighted by Crippen LogP contribution is -2.61. The summed E-state index contributed by atoms with van der Waals surface area (Å²) < 4.78 is 22.7. The summed E-state index contributed by atoms with van der Waals surface area (Å²) in [5.41, 5.74) is -5.30. The normalized spacial score (nSPS) is 48.4. The van der Waals surface area contributed by atoms with E-state index in [4.69, 9.17) is 18.6 Å². The van der Waals surface area contributed by atoms with E-state index in [9.17, 15) is 24.6 Å². The van der Waals surface area contributed by atoms with Crippen LogP contribution in [0.2, 0.25) is 0 Å². The summed E-state index contributed by atoms with van der Waals surface area (Å²) in [6, 6.07) is 1.75. The van der Waals surface area contributed by atoms with Crippen LogP contribution in [-0.4, -0.2) is 52.9 Å². The second kappa shape index (κ2) is 6.42. The molecular weight excluding hydrogens is 468 g/mol. The van der Waals surface area contributed by atoms with Gasteiger partial charge in [0.05, 0.1) is 25.1 Å². The predicted octanol–water partition coefficient (Wildman–Crippen LogP) is 2.46. The fourth-order valence-corrected chi connectivity index (χ4v) is 10.0. The number of carbonyl (C=O) groups excluding carboxylic acids is 3. The summed E-state index contributed by atoms with van der Waals surface area (Å²) in [7, 11) is 1.19. The van der Waals surface area contributed by atoms with Crippen LogP contribution >= 0.6 is 0 Å². The predicted molar refractivity (Wildman–Crippen MR) is 122 cm³/mol. The number of esters is 2. The maximum absolute atomic E-state index is 13.3. The van der Waals surface area contributed by atoms with Crippen molar-refractivity contribution in [3.63, 3.8) is 0 Å². The van der Waals surface area contributed by atoms with Gasteiger partial charge in [0.1, 0.15) is 17.5 Å². The molecule has 0 amide bonds. The van der Waals surface area contributed by atoms with Crippen molar-refractivity contribution in [2.24, 2.45) is 33.0 Å². The van der Waals surface area contributed by atoms with Gasteiger partial charge in [0.2, 0.25) is 0 Å². The molecule has 1 aromatic heterocycles. The van der Waals surface area contributed by atoms with Crippen LogP contribution in [0.15, 0.2) is 34.8 Å². The number of rotatable bonds is 3. The number of aliphatic hydroxyl groups is 2. The van der Waals surface area contributed by atoms with Gasteiger partial charge in [-0.05, 0) is 25.8 Å². The second-order valence-electron chi connectivity index (χ2n) is 12.3. The molecule has 0 unspecified atom stereocenters. The minimum atomic E-state index is -1.62. The number of hydrogen-bond donors (Lipinski definition) is 2. The smallest absolute Gasteiger partial charge is 0.336 e. The number of furan rings is 1. The van der Waals surface area contributed by atoms with E-state index >= 15 is 0 Å².